The molecule has 126 valence electrons. The summed E-state index contributed by atoms with van der Waals surface area (Å²) < 4.78 is 0. The van der Waals surface area contributed by atoms with Crippen molar-refractivity contribution in [1.82, 2.24) is 4.98 Å². The Morgan fingerprint density at radius 1 is 0.818 bits per heavy atom. The first kappa shape index (κ1) is 19.1. The van der Waals surface area contributed by atoms with E-state index in [0.717, 1.165) is 18.5 Å². The topological polar surface area (TPSA) is 73.6 Å². The fourth-order valence-corrected chi connectivity index (χ4v) is 2.61. The second-order valence-electron chi connectivity index (χ2n) is 6.25. The number of hydrogen-bond donors (Lipinski definition) is 3. The molecule has 0 radical (unpaired) electrons. The van der Waals surface area contributed by atoms with Crippen LogP contribution in [0, 0.1) is 0 Å². The minimum Gasteiger partial charge on any atom is -0.556 e. The molecule has 1 aromatic heterocycles. The van der Waals surface area contributed by atoms with Crippen molar-refractivity contribution in [1.29, 1.82) is 0 Å². The van der Waals surface area contributed by atoms with Gasteiger partial charge in [-0.25, -0.2) is 0 Å². The van der Waals surface area contributed by atoms with Gasteiger partial charge in [0, 0.05) is 5.69 Å². The highest BCUT2D eigenvalue weighted by Gasteiger charge is 2.17. The molecule has 0 unspecified atom stereocenters. The number of hydrogen-bond acceptors (Lipinski definition) is 4. The van der Waals surface area contributed by atoms with Crippen LogP contribution in [0.4, 0.5) is 0 Å². The van der Waals surface area contributed by atoms with Gasteiger partial charge in [-0.05, 0) is 25.1 Å². The van der Waals surface area contributed by atoms with Crippen LogP contribution >= 0.6 is 0 Å². The van der Waals surface area contributed by atoms with Crippen LogP contribution < -0.4 is 5.46 Å². The van der Waals surface area contributed by atoms with Gasteiger partial charge in [-0.15, -0.1) is 5.46 Å². The maximum absolute atomic E-state index is 9.08. The zero-order valence-corrected chi connectivity index (χ0v) is 13.9. The van der Waals surface area contributed by atoms with Gasteiger partial charge in [0.15, 0.2) is 0 Å². The first-order chi connectivity index (χ1) is 10.5. The standard InChI is InChI=1S/C17H31BNO3/c1-2-3-4-5-6-7-8-9-10-11-12-17-14-13-16(15-19-17)18(20,21)22/h13-15,20-22H,2-12H2,1H3/q-1. The van der Waals surface area contributed by atoms with Crippen LogP contribution in [0.3, 0.4) is 0 Å². The van der Waals surface area contributed by atoms with Crippen molar-refractivity contribution in [2.24, 2.45) is 0 Å². The zero-order chi connectivity index (χ0) is 16.3. The Balaban J connectivity index is 2.03. The monoisotopic (exact) mass is 308 g/mol. The summed E-state index contributed by atoms with van der Waals surface area (Å²) in [6, 6.07) is 3.28. The molecule has 0 aromatic carbocycles. The minimum atomic E-state index is -3.42. The molecule has 22 heavy (non-hydrogen) atoms. The number of rotatable bonds is 12. The molecule has 0 aliphatic rings. The van der Waals surface area contributed by atoms with Gasteiger partial charge in [0.05, 0.1) is 0 Å². The molecular formula is C17H31BNO3-. The van der Waals surface area contributed by atoms with Gasteiger partial charge in [0.2, 0.25) is 0 Å². The number of aryl methyl sites for hydroxylation is 1. The SMILES string of the molecule is CCCCCCCCCCCCc1ccc([B-](O)(O)O)cn1. The van der Waals surface area contributed by atoms with Crippen LogP contribution in [0.25, 0.3) is 0 Å². The second kappa shape index (κ2) is 10.8. The maximum atomic E-state index is 9.08. The predicted octanol–water partition coefficient (Wildman–Crippen LogP) is 2.67. The third-order valence-corrected chi connectivity index (χ3v) is 4.08. The first-order valence-corrected chi connectivity index (χ1v) is 8.81. The fraction of sp³-hybridized carbons (Fsp3) is 0.706. The first-order valence-electron chi connectivity index (χ1n) is 8.81. The van der Waals surface area contributed by atoms with E-state index in [4.69, 9.17) is 15.1 Å². The van der Waals surface area contributed by atoms with Crippen LogP contribution in [-0.2, 0) is 6.42 Å². The number of pyridine rings is 1. The molecule has 1 rings (SSSR count). The second-order valence-corrected chi connectivity index (χ2v) is 6.25. The molecular weight excluding hydrogens is 277 g/mol. The van der Waals surface area contributed by atoms with Gasteiger partial charge in [0.25, 0.3) is 0 Å². The van der Waals surface area contributed by atoms with E-state index in [1.807, 2.05) is 0 Å². The molecule has 0 atom stereocenters. The van der Waals surface area contributed by atoms with E-state index in [1.54, 1.807) is 6.07 Å². The normalized spacial score (nSPS) is 11.8. The van der Waals surface area contributed by atoms with E-state index in [9.17, 15) is 0 Å². The van der Waals surface area contributed by atoms with Crippen LogP contribution in [0.2, 0.25) is 0 Å². The zero-order valence-electron chi connectivity index (χ0n) is 13.9. The van der Waals surface area contributed by atoms with Crippen molar-refractivity contribution >= 4 is 12.2 Å². The third kappa shape index (κ3) is 8.52. The number of aromatic nitrogens is 1. The molecule has 0 saturated heterocycles. The minimum absolute atomic E-state index is 0.0619. The van der Waals surface area contributed by atoms with Gasteiger partial charge >= 0.3 is 6.75 Å². The Hall–Kier alpha value is -0.905. The Bertz CT molecular complexity index is 390. The largest absolute Gasteiger partial charge is 0.556 e. The number of nitrogens with zero attached hydrogens (tertiary/aromatic N) is 1. The molecule has 1 aromatic rings. The molecule has 0 amide bonds. The van der Waals surface area contributed by atoms with E-state index in [-0.39, 0.29) is 5.46 Å². The molecule has 0 spiro atoms. The van der Waals surface area contributed by atoms with Crippen molar-refractivity contribution in [2.75, 3.05) is 0 Å². The van der Waals surface area contributed by atoms with E-state index < -0.39 is 6.75 Å². The molecule has 5 heteroatoms. The van der Waals surface area contributed by atoms with Gasteiger partial charge in [0.1, 0.15) is 0 Å². The van der Waals surface area contributed by atoms with Crippen molar-refractivity contribution in [3.8, 4) is 0 Å². The predicted molar refractivity (Wildman–Crippen MR) is 91.8 cm³/mol. The average Bonchev–Trinajstić information content (AvgIpc) is 2.49. The van der Waals surface area contributed by atoms with Crippen molar-refractivity contribution in [3.63, 3.8) is 0 Å². The molecule has 0 saturated carbocycles. The summed E-state index contributed by atoms with van der Waals surface area (Å²) in [5.74, 6) is 0. The fourth-order valence-electron chi connectivity index (χ4n) is 2.61. The van der Waals surface area contributed by atoms with Gasteiger partial charge < -0.3 is 15.1 Å². The maximum Gasteiger partial charge on any atom is 0.404 e. The molecule has 0 aliphatic heterocycles. The molecule has 4 nitrogen and oxygen atoms in total. The molecule has 1 heterocycles. The summed E-state index contributed by atoms with van der Waals surface area (Å²) >= 11 is 0. The Labute approximate surface area is 134 Å². The van der Waals surface area contributed by atoms with Crippen LogP contribution in [0.15, 0.2) is 18.3 Å². The van der Waals surface area contributed by atoms with E-state index in [2.05, 4.69) is 11.9 Å². The quantitative estimate of drug-likeness (QED) is 0.410. The van der Waals surface area contributed by atoms with Crippen molar-refractivity contribution in [2.45, 2.75) is 77.6 Å². The summed E-state index contributed by atoms with van der Waals surface area (Å²) in [6.45, 7) is -1.17. The lowest BCUT2D eigenvalue weighted by Crippen LogP contribution is -2.48. The summed E-state index contributed by atoms with van der Waals surface area (Å²) in [4.78, 5) is 4.16. The van der Waals surface area contributed by atoms with Crippen LogP contribution in [0.5, 0.6) is 0 Å². The Morgan fingerprint density at radius 2 is 1.36 bits per heavy atom. The smallest absolute Gasteiger partial charge is 0.404 e. The highest BCUT2D eigenvalue weighted by molar-refractivity contribution is 6.71. The van der Waals surface area contributed by atoms with Crippen molar-refractivity contribution in [3.05, 3.63) is 24.0 Å². The van der Waals surface area contributed by atoms with Gasteiger partial charge in [-0.1, -0.05) is 70.8 Å². The molecule has 0 bridgehead atoms. The lowest BCUT2D eigenvalue weighted by atomic mass is 9.72. The molecule has 0 fully saturated rings. The molecule has 0 aliphatic carbocycles. The summed E-state index contributed by atoms with van der Waals surface area (Å²) in [5, 5.41) is 27.2. The summed E-state index contributed by atoms with van der Waals surface area (Å²) in [6.07, 6.45) is 15.3. The van der Waals surface area contributed by atoms with Gasteiger partial charge in [-0.3, -0.25) is 4.98 Å². The Morgan fingerprint density at radius 3 is 1.82 bits per heavy atom. The van der Waals surface area contributed by atoms with Crippen molar-refractivity contribution < 1.29 is 15.1 Å². The van der Waals surface area contributed by atoms with Gasteiger partial charge in [-0.2, -0.15) is 0 Å². The summed E-state index contributed by atoms with van der Waals surface area (Å²) in [5.41, 5.74) is 0.996. The van der Waals surface area contributed by atoms with Crippen LogP contribution in [0.1, 0.15) is 76.8 Å². The highest BCUT2D eigenvalue weighted by atomic mass is 16.5. The Kier molecular flexibility index (Phi) is 9.36. The lowest BCUT2D eigenvalue weighted by Gasteiger charge is -2.20. The van der Waals surface area contributed by atoms with E-state index in [1.165, 1.54) is 70.1 Å². The number of unbranched alkanes of at least 4 members (excludes halogenated alkanes) is 9. The lowest BCUT2D eigenvalue weighted by molar-refractivity contribution is 0.249. The van der Waals surface area contributed by atoms with E-state index in [0.29, 0.717) is 0 Å². The van der Waals surface area contributed by atoms with E-state index >= 15 is 0 Å². The average molecular weight is 308 g/mol. The van der Waals surface area contributed by atoms with Crippen LogP contribution in [-0.4, -0.2) is 26.8 Å². The molecule has 3 N–H and O–H groups in total. The highest BCUT2D eigenvalue weighted by Crippen LogP contribution is 2.11. The third-order valence-electron chi connectivity index (χ3n) is 4.08. The summed E-state index contributed by atoms with van der Waals surface area (Å²) in [7, 11) is 0.